The highest BCUT2D eigenvalue weighted by Gasteiger charge is 2.52. The first-order chi connectivity index (χ1) is 17.9. The van der Waals surface area contributed by atoms with Crippen molar-refractivity contribution in [3.8, 4) is 0 Å². The van der Waals surface area contributed by atoms with Gasteiger partial charge in [0, 0.05) is 49.5 Å². The Bertz CT molecular complexity index is 1280. The van der Waals surface area contributed by atoms with Crippen LogP contribution in [0.1, 0.15) is 69.4 Å². The Morgan fingerprint density at radius 2 is 1.86 bits per heavy atom. The Morgan fingerprint density at radius 3 is 2.62 bits per heavy atom. The van der Waals surface area contributed by atoms with Gasteiger partial charge in [0.05, 0.1) is 11.2 Å². The largest absolute Gasteiger partial charge is 0.377 e. The van der Waals surface area contributed by atoms with Crippen molar-refractivity contribution in [3.63, 3.8) is 0 Å². The highest BCUT2D eigenvalue weighted by atomic mass is 16.5. The van der Waals surface area contributed by atoms with E-state index in [4.69, 9.17) is 4.74 Å². The normalized spacial score (nSPS) is 26.1. The Morgan fingerprint density at radius 1 is 1.11 bits per heavy atom. The fourth-order valence-corrected chi connectivity index (χ4v) is 6.84. The van der Waals surface area contributed by atoms with Crippen LogP contribution in [-0.2, 0) is 28.1 Å². The van der Waals surface area contributed by atoms with Gasteiger partial charge in [-0.3, -0.25) is 4.79 Å². The lowest BCUT2D eigenvalue weighted by atomic mass is 9.66. The number of allylic oxidation sites excluding steroid dienone is 1. The molecule has 0 fully saturated rings. The van der Waals surface area contributed by atoms with E-state index in [-0.39, 0.29) is 17.3 Å². The van der Waals surface area contributed by atoms with Crippen LogP contribution in [0.15, 0.2) is 66.9 Å². The number of benzene rings is 2. The Kier molecular flexibility index (Phi) is 7.28. The lowest BCUT2D eigenvalue weighted by Gasteiger charge is -2.51. The van der Waals surface area contributed by atoms with Gasteiger partial charge in [-0.05, 0) is 62.8 Å². The number of aromatic nitrogens is 1. The van der Waals surface area contributed by atoms with Crippen LogP contribution < -0.4 is 0 Å². The number of carbonyl (C=O) groups is 1. The molecule has 2 bridgehead atoms. The molecule has 0 saturated heterocycles. The number of hydrogen-bond donors (Lipinski definition) is 1. The summed E-state index contributed by atoms with van der Waals surface area (Å²) in [6, 6.07) is 18.4. The van der Waals surface area contributed by atoms with Crippen LogP contribution in [-0.4, -0.2) is 40.1 Å². The standard InChI is InChI=1S/C32H40N2O3/c1-4-32-18-11-19-33(20-16-25(35)22-24-12-7-6-8-13-24)21-17-27-26-14-9-10-15-28(26)34(31(3,36)23-32)29(27)30(32)37-5-2/h6-10,12-16,20,30,36H,4-5,11,17-19,21-23H2,1-3H3/b20-16+. The zero-order valence-electron chi connectivity index (χ0n) is 22.5. The van der Waals surface area contributed by atoms with Crippen molar-refractivity contribution in [1.82, 2.24) is 9.47 Å². The van der Waals surface area contributed by atoms with Crippen molar-refractivity contribution < 1.29 is 14.6 Å². The number of fused-ring (bicyclic) bond motifs is 4. The molecule has 1 N–H and O–H groups in total. The van der Waals surface area contributed by atoms with Crippen molar-refractivity contribution in [2.45, 2.75) is 71.1 Å². The first kappa shape index (κ1) is 25.7. The molecule has 0 aliphatic carbocycles. The van der Waals surface area contributed by atoms with Gasteiger partial charge in [0.1, 0.15) is 11.8 Å². The fourth-order valence-electron chi connectivity index (χ4n) is 6.84. The van der Waals surface area contributed by atoms with Gasteiger partial charge >= 0.3 is 0 Å². The zero-order valence-corrected chi connectivity index (χ0v) is 22.5. The summed E-state index contributed by atoms with van der Waals surface area (Å²) >= 11 is 0. The van der Waals surface area contributed by atoms with Crippen LogP contribution in [0.3, 0.4) is 0 Å². The van der Waals surface area contributed by atoms with Crippen LogP contribution in [0.4, 0.5) is 0 Å². The number of ether oxygens (including phenoxy) is 1. The molecule has 0 amide bonds. The summed E-state index contributed by atoms with van der Waals surface area (Å²) in [6.45, 7) is 8.63. The lowest BCUT2D eigenvalue weighted by Crippen LogP contribution is -2.48. The molecule has 2 aliphatic heterocycles. The first-order valence-electron chi connectivity index (χ1n) is 13.8. The second kappa shape index (κ2) is 10.5. The molecule has 37 heavy (non-hydrogen) atoms. The third-order valence-corrected chi connectivity index (χ3v) is 8.49. The molecule has 3 atom stereocenters. The monoisotopic (exact) mass is 500 g/mol. The highest BCUT2D eigenvalue weighted by molar-refractivity contribution is 5.91. The number of nitrogens with zero attached hydrogens (tertiary/aromatic N) is 2. The van der Waals surface area contributed by atoms with E-state index in [0.29, 0.717) is 19.4 Å². The van der Waals surface area contributed by atoms with Gasteiger partial charge in [-0.15, -0.1) is 0 Å². The van der Waals surface area contributed by atoms with E-state index in [1.807, 2.05) is 43.5 Å². The van der Waals surface area contributed by atoms with Gasteiger partial charge in [0.2, 0.25) is 0 Å². The fraction of sp³-hybridized carbons (Fsp3) is 0.469. The third-order valence-electron chi connectivity index (χ3n) is 8.49. The van der Waals surface area contributed by atoms with E-state index in [0.717, 1.165) is 55.5 Å². The van der Waals surface area contributed by atoms with Crippen LogP contribution in [0, 0.1) is 5.41 Å². The van der Waals surface area contributed by atoms with E-state index in [1.54, 1.807) is 6.08 Å². The molecule has 3 unspecified atom stereocenters. The Labute approximate surface area is 220 Å². The molecule has 1 aromatic heterocycles. The van der Waals surface area contributed by atoms with Crippen molar-refractivity contribution in [1.29, 1.82) is 0 Å². The van der Waals surface area contributed by atoms with Crippen molar-refractivity contribution in [3.05, 3.63) is 83.7 Å². The van der Waals surface area contributed by atoms with Crippen molar-refractivity contribution in [2.75, 3.05) is 19.7 Å². The average molecular weight is 501 g/mol. The van der Waals surface area contributed by atoms with E-state index in [2.05, 4.69) is 47.6 Å². The number of rotatable bonds is 7. The second-order valence-electron chi connectivity index (χ2n) is 11.0. The molecular weight excluding hydrogens is 460 g/mol. The summed E-state index contributed by atoms with van der Waals surface area (Å²) in [4.78, 5) is 15.0. The van der Waals surface area contributed by atoms with Gasteiger partial charge in [0.25, 0.3) is 0 Å². The van der Waals surface area contributed by atoms with Crippen LogP contribution in [0.25, 0.3) is 10.9 Å². The maximum Gasteiger partial charge on any atom is 0.161 e. The number of aliphatic hydroxyl groups is 1. The summed E-state index contributed by atoms with van der Waals surface area (Å²) in [5.41, 5.74) is 3.41. The minimum absolute atomic E-state index is 0.0420. The van der Waals surface area contributed by atoms with E-state index >= 15 is 0 Å². The van der Waals surface area contributed by atoms with Crippen LogP contribution in [0.2, 0.25) is 0 Å². The maximum absolute atomic E-state index is 12.7. The first-order valence-corrected chi connectivity index (χ1v) is 13.8. The van der Waals surface area contributed by atoms with E-state index in [9.17, 15) is 9.90 Å². The molecule has 0 spiro atoms. The van der Waals surface area contributed by atoms with E-state index in [1.165, 1.54) is 10.9 Å². The van der Waals surface area contributed by atoms with E-state index < -0.39 is 5.72 Å². The second-order valence-corrected chi connectivity index (χ2v) is 11.0. The minimum atomic E-state index is -0.973. The SMILES string of the molecule is CCOC1c2c3c4ccccc4n2C(C)(O)CC1(CC)CCCN(/C=C/C(=O)Cc1ccccc1)CC3. The van der Waals surface area contributed by atoms with Gasteiger partial charge < -0.3 is 19.3 Å². The smallest absolute Gasteiger partial charge is 0.161 e. The van der Waals surface area contributed by atoms with Crippen LogP contribution >= 0.6 is 0 Å². The third kappa shape index (κ3) is 4.87. The minimum Gasteiger partial charge on any atom is -0.377 e. The summed E-state index contributed by atoms with van der Waals surface area (Å²) in [6.07, 6.45) is 8.52. The summed E-state index contributed by atoms with van der Waals surface area (Å²) in [7, 11) is 0. The number of para-hydroxylation sites is 1. The van der Waals surface area contributed by atoms with Gasteiger partial charge in [-0.25, -0.2) is 0 Å². The Hall–Kier alpha value is -2.89. The lowest BCUT2D eigenvalue weighted by molar-refractivity contribution is -0.152. The molecule has 5 rings (SSSR count). The molecule has 0 radical (unpaired) electrons. The number of ketones is 1. The molecule has 0 saturated carbocycles. The topological polar surface area (TPSA) is 54.7 Å². The Balaban J connectivity index is 1.52. The predicted octanol–water partition coefficient (Wildman–Crippen LogP) is 6.15. The molecular formula is C32H40N2O3. The van der Waals surface area contributed by atoms with Gasteiger partial charge in [-0.1, -0.05) is 55.5 Å². The van der Waals surface area contributed by atoms with Gasteiger partial charge in [-0.2, -0.15) is 0 Å². The molecule has 196 valence electrons. The summed E-state index contributed by atoms with van der Waals surface area (Å²) < 4.78 is 8.72. The molecule has 3 heterocycles. The van der Waals surface area contributed by atoms with Crippen molar-refractivity contribution in [2.24, 2.45) is 5.41 Å². The molecule has 5 heteroatoms. The molecule has 5 nitrogen and oxygen atoms in total. The van der Waals surface area contributed by atoms with Crippen LogP contribution in [0.5, 0.6) is 0 Å². The molecule has 2 aromatic carbocycles. The predicted molar refractivity (Wildman–Crippen MR) is 148 cm³/mol. The molecule has 3 aromatic rings. The highest BCUT2D eigenvalue weighted by Crippen LogP contribution is 2.57. The number of carbonyl (C=O) groups excluding carboxylic acids is 1. The zero-order chi connectivity index (χ0) is 26.0. The quantitative estimate of drug-likeness (QED) is 0.396. The summed E-state index contributed by atoms with van der Waals surface area (Å²) in [5.74, 6) is 0.122. The maximum atomic E-state index is 12.7. The molecule has 2 aliphatic rings. The van der Waals surface area contributed by atoms with Gasteiger partial charge in [0.15, 0.2) is 5.78 Å². The summed E-state index contributed by atoms with van der Waals surface area (Å²) in [5, 5.41) is 13.1. The van der Waals surface area contributed by atoms with Crippen molar-refractivity contribution >= 4 is 16.7 Å². The average Bonchev–Trinajstić information content (AvgIpc) is 3.23. The number of hydrogen-bond acceptors (Lipinski definition) is 4.